The molecule has 2 N–H and O–H groups in total. The Hall–Kier alpha value is -2.36. The molecule has 4 nitrogen and oxygen atoms in total. The summed E-state index contributed by atoms with van der Waals surface area (Å²) < 4.78 is 2.24. The molecule has 2 heterocycles. The van der Waals surface area contributed by atoms with E-state index in [2.05, 4.69) is 28.6 Å². The van der Waals surface area contributed by atoms with Crippen LogP contribution in [-0.4, -0.2) is 15.5 Å². The Morgan fingerprint density at radius 1 is 1.29 bits per heavy atom. The minimum Gasteiger partial charge on any atom is -0.366 e. The number of para-hydroxylation sites is 1. The average molecular weight is 281 g/mol. The van der Waals surface area contributed by atoms with Crippen molar-refractivity contribution in [1.82, 2.24) is 9.55 Å². The maximum atomic E-state index is 11.6. The van der Waals surface area contributed by atoms with Crippen molar-refractivity contribution in [3.05, 3.63) is 41.6 Å². The molecule has 108 valence electrons. The molecule has 0 aliphatic rings. The summed E-state index contributed by atoms with van der Waals surface area (Å²) in [5.74, 6) is -0.424. The second-order valence-electron chi connectivity index (χ2n) is 5.38. The molecule has 0 aliphatic carbocycles. The van der Waals surface area contributed by atoms with E-state index in [0.29, 0.717) is 11.3 Å². The van der Waals surface area contributed by atoms with Gasteiger partial charge in [0.05, 0.1) is 16.8 Å². The van der Waals surface area contributed by atoms with Crippen LogP contribution in [0.5, 0.6) is 0 Å². The number of unbranched alkanes of at least 4 members (excludes halogenated alkanes) is 1. The molecule has 0 fully saturated rings. The maximum absolute atomic E-state index is 11.6. The molecule has 3 aromatic rings. The third-order valence-electron chi connectivity index (χ3n) is 3.93. The van der Waals surface area contributed by atoms with Gasteiger partial charge in [-0.15, -0.1) is 0 Å². The molecule has 0 radical (unpaired) electrons. The number of amides is 1. The largest absolute Gasteiger partial charge is 0.366 e. The van der Waals surface area contributed by atoms with E-state index < -0.39 is 5.91 Å². The molecule has 2 aromatic heterocycles. The first-order valence-electron chi connectivity index (χ1n) is 7.32. The fraction of sp³-hybridized carbons (Fsp3) is 0.294. The number of benzene rings is 1. The van der Waals surface area contributed by atoms with Gasteiger partial charge in [-0.3, -0.25) is 4.79 Å². The van der Waals surface area contributed by atoms with Gasteiger partial charge in [-0.2, -0.15) is 0 Å². The number of nitrogens with zero attached hydrogens (tertiary/aromatic N) is 2. The van der Waals surface area contributed by atoms with Crippen LogP contribution in [0.3, 0.4) is 0 Å². The van der Waals surface area contributed by atoms with Gasteiger partial charge in [0.25, 0.3) is 5.91 Å². The van der Waals surface area contributed by atoms with Gasteiger partial charge in [-0.1, -0.05) is 31.5 Å². The zero-order valence-electron chi connectivity index (χ0n) is 12.4. The van der Waals surface area contributed by atoms with E-state index in [1.165, 1.54) is 0 Å². The number of aryl methyl sites for hydroxylation is 2. The second-order valence-corrected chi connectivity index (χ2v) is 5.38. The van der Waals surface area contributed by atoms with Gasteiger partial charge >= 0.3 is 0 Å². The number of carbonyl (C=O) groups excluding carboxylic acids is 1. The number of pyridine rings is 1. The fourth-order valence-electron chi connectivity index (χ4n) is 2.84. The predicted octanol–water partition coefficient (Wildman–Crippen LogP) is 3.40. The van der Waals surface area contributed by atoms with Crippen LogP contribution >= 0.6 is 0 Å². The fourth-order valence-corrected chi connectivity index (χ4v) is 2.84. The zero-order valence-corrected chi connectivity index (χ0v) is 12.4. The summed E-state index contributed by atoms with van der Waals surface area (Å²) in [4.78, 5) is 16.2. The van der Waals surface area contributed by atoms with Crippen molar-refractivity contribution in [2.24, 2.45) is 5.73 Å². The van der Waals surface area contributed by atoms with Gasteiger partial charge in [0.15, 0.2) is 0 Å². The first kappa shape index (κ1) is 13.6. The highest BCUT2D eigenvalue weighted by atomic mass is 16.1. The first-order valence-corrected chi connectivity index (χ1v) is 7.32. The van der Waals surface area contributed by atoms with Crippen molar-refractivity contribution < 1.29 is 4.79 Å². The van der Waals surface area contributed by atoms with E-state index in [-0.39, 0.29) is 0 Å². The molecule has 0 unspecified atom stereocenters. The summed E-state index contributed by atoms with van der Waals surface area (Å²) in [6, 6.07) is 10.1. The summed E-state index contributed by atoms with van der Waals surface area (Å²) >= 11 is 0. The zero-order chi connectivity index (χ0) is 15.0. The maximum Gasteiger partial charge on any atom is 0.250 e. The highest BCUT2D eigenvalue weighted by Crippen LogP contribution is 2.29. The summed E-state index contributed by atoms with van der Waals surface area (Å²) in [5.41, 5.74) is 8.74. The summed E-state index contributed by atoms with van der Waals surface area (Å²) in [6.45, 7) is 4.95. The van der Waals surface area contributed by atoms with E-state index in [9.17, 15) is 4.79 Å². The number of hydrogen-bond acceptors (Lipinski definition) is 2. The van der Waals surface area contributed by atoms with E-state index in [1.54, 1.807) is 0 Å². The Morgan fingerprint density at radius 2 is 2.05 bits per heavy atom. The van der Waals surface area contributed by atoms with Crippen molar-refractivity contribution in [2.45, 2.75) is 33.2 Å². The monoisotopic (exact) mass is 281 g/mol. The van der Waals surface area contributed by atoms with Crippen LogP contribution in [0.15, 0.2) is 30.3 Å². The summed E-state index contributed by atoms with van der Waals surface area (Å²) in [7, 11) is 0. The van der Waals surface area contributed by atoms with Gasteiger partial charge in [0.2, 0.25) is 0 Å². The molecule has 0 aliphatic heterocycles. The van der Waals surface area contributed by atoms with Gasteiger partial charge in [-0.25, -0.2) is 4.98 Å². The van der Waals surface area contributed by atoms with Crippen molar-refractivity contribution in [3.63, 3.8) is 0 Å². The summed E-state index contributed by atoms with van der Waals surface area (Å²) in [6.07, 6.45) is 2.23. The number of nitrogens with two attached hydrogens (primary N) is 1. The Morgan fingerprint density at radius 3 is 2.76 bits per heavy atom. The van der Waals surface area contributed by atoms with Gasteiger partial charge < -0.3 is 10.3 Å². The Balaban J connectivity index is 2.37. The average Bonchev–Trinajstić information content (AvgIpc) is 2.77. The minimum absolute atomic E-state index is 0.424. The van der Waals surface area contributed by atoms with Crippen molar-refractivity contribution >= 4 is 27.8 Å². The van der Waals surface area contributed by atoms with E-state index in [4.69, 9.17) is 5.73 Å². The number of fused-ring (bicyclic) bond motifs is 3. The number of rotatable bonds is 4. The summed E-state index contributed by atoms with van der Waals surface area (Å²) in [5, 5.41) is 2.12. The second kappa shape index (κ2) is 5.20. The van der Waals surface area contributed by atoms with Gasteiger partial charge in [0, 0.05) is 17.3 Å². The number of hydrogen-bond donors (Lipinski definition) is 1. The molecule has 0 atom stereocenters. The Labute approximate surface area is 123 Å². The van der Waals surface area contributed by atoms with Crippen LogP contribution in [0, 0.1) is 6.92 Å². The van der Waals surface area contributed by atoms with Crippen LogP contribution in [0.1, 0.15) is 35.8 Å². The number of aromatic nitrogens is 2. The molecule has 0 saturated carbocycles. The third-order valence-corrected chi connectivity index (χ3v) is 3.93. The smallest absolute Gasteiger partial charge is 0.250 e. The minimum atomic E-state index is -0.424. The van der Waals surface area contributed by atoms with Crippen LogP contribution in [0.25, 0.3) is 21.9 Å². The lowest BCUT2D eigenvalue weighted by Crippen LogP contribution is -2.13. The van der Waals surface area contributed by atoms with Gasteiger partial charge in [-0.05, 0) is 25.5 Å². The SMILES string of the molecule is CCCCn1c2ccccc2c2cc(C(N)=O)c(C)nc21. The molecular weight excluding hydrogens is 262 g/mol. The lowest BCUT2D eigenvalue weighted by Gasteiger charge is -2.07. The standard InChI is InChI=1S/C17H19N3O/c1-3-4-9-20-15-8-6-5-7-12(15)14-10-13(16(18)21)11(2)19-17(14)20/h5-8,10H,3-4,9H2,1-2H3,(H2,18,21). The predicted molar refractivity (Wildman–Crippen MR) is 85.4 cm³/mol. The highest BCUT2D eigenvalue weighted by Gasteiger charge is 2.15. The quantitative estimate of drug-likeness (QED) is 0.796. The third kappa shape index (κ3) is 2.17. The topological polar surface area (TPSA) is 60.9 Å². The lowest BCUT2D eigenvalue weighted by molar-refractivity contribution is 0.0999. The normalized spacial score (nSPS) is 11.3. The van der Waals surface area contributed by atoms with Crippen LogP contribution in [0.2, 0.25) is 0 Å². The molecule has 0 spiro atoms. The molecule has 1 aromatic carbocycles. The first-order chi connectivity index (χ1) is 10.1. The van der Waals surface area contributed by atoms with Crippen LogP contribution < -0.4 is 5.73 Å². The molecule has 3 rings (SSSR count). The highest BCUT2D eigenvalue weighted by molar-refractivity contribution is 6.09. The number of primary amides is 1. The Bertz CT molecular complexity index is 833. The molecule has 4 heteroatoms. The molecule has 1 amide bonds. The van der Waals surface area contributed by atoms with Gasteiger partial charge in [0.1, 0.15) is 5.65 Å². The van der Waals surface area contributed by atoms with Crippen LogP contribution in [0.4, 0.5) is 0 Å². The van der Waals surface area contributed by atoms with Crippen molar-refractivity contribution in [3.8, 4) is 0 Å². The number of carbonyl (C=O) groups is 1. The van der Waals surface area contributed by atoms with Crippen LogP contribution in [-0.2, 0) is 6.54 Å². The molecule has 0 saturated heterocycles. The van der Waals surface area contributed by atoms with Crippen molar-refractivity contribution in [1.29, 1.82) is 0 Å². The molecular formula is C17H19N3O. The van der Waals surface area contributed by atoms with Crippen molar-refractivity contribution in [2.75, 3.05) is 0 Å². The molecule has 21 heavy (non-hydrogen) atoms. The van der Waals surface area contributed by atoms with E-state index in [0.717, 1.165) is 41.3 Å². The Kier molecular flexibility index (Phi) is 3.37. The van der Waals surface area contributed by atoms with E-state index in [1.807, 2.05) is 25.1 Å². The van der Waals surface area contributed by atoms with E-state index >= 15 is 0 Å². The lowest BCUT2D eigenvalue weighted by atomic mass is 10.1. The molecule has 0 bridgehead atoms.